The van der Waals surface area contributed by atoms with E-state index in [9.17, 15) is 0 Å². The van der Waals surface area contributed by atoms with Crippen molar-refractivity contribution in [2.45, 2.75) is 57.9 Å². The summed E-state index contributed by atoms with van der Waals surface area (Å²) >= 11 is 0. The highest BCUT2D eigenvalue weighted by molar-refractivity contribution is 4.64. The second-order valence-electron chi connectivity index (χ2n) is 4.31. The molecule has 0 bridgehead atoms. The molecule has 0 radical (unpaired) electrons. The summed E-state index contributed by atoms with van der Waals surface area (Å²) in [7, 11) is 0. The minimum absolute atomic E-state index is 0.232. The van der Waals surface area contributed by atoms with Gasteiger partial charge >= 0.3 is 0 Å². The van der Waals surface area contributed by atoms with Crippen molar-refractivity contribution >= 4 is 0 Å². The predicted molar refractivity (Wildman–Crippen MR) is 67.9 cm³/mol. The average molecular weight is 215 g/mol. The van der Waals surface area contributed by atoms with E-state index in [4.69, 9.17) is 11.5 Å². The predicted octanol–water partition coefficient (Wildman–Crippen LogP) is 1.61. The zero-order valence-corrected chi connectivity index (χ0v) is 10.3. The molecule has 0 saturated carbocycles. The number of nitrogens with one attached hydrogen (secondary N) is 1. The molecule has 0 aromatic carbocycles. The van der Waals surface area contributed by atoms with Crippen LogP contribution in [0.1, 0.15) is 51.9 Å². The highest BCUT2D eigenvalue weighted by Gasteiger charge is 1.99. The number of rotatable bonds is 11. The zero-order valence-electron chi connectivity index (χ0n) is 10.3. The van der Waals surface area contributed by atoms with Gasteiger partial charge in [0.2, 0.25) is 0 Å². The van der Waals surface area contributed by atoms with Crippen LogP contribution in [0.25, 0.3) is 0 Å². The molecule has 3 nitrogen and oxygen atoms in total. The molecule has 0 aromatic rings. The van der Waals surface area contributed by atoms with Crippen molar-refractivity contribution in [2.24, 2.45) is 11.5 Å². The highest BCUT2D eigenvalue weighted by Crippen LogP contribution is 2.03. The van der Waals surface area contributed by atoms with Crippen molar-refractivity contribution in [3.8, 4) is 0 Å². The van der Waals surface area contributed by atoms with Gasteiger partial charge in [0.15, 0.2) is 0 Å². The summed E-state index contributed by atoms with van der Waals surface area (Å²) in [4.78, 5) is 0. The van der Waals surface area contributed by atoms with E-state index in [0.29, 0.717) is 6.54 Å². The lowest BCUT2D eigenvalue weighted by Crippen LogP contribution is -2.35. The fraction of sp³-hybridized carbons (Fsp3) is 1.00. The number of unbranched alkanes of at least 4 members (excludes halogenated alkanes) is 5. The van der Waals surface area contributed by atoms with Gasteiger partial charge < -0.3 is 16.8 Å². The summed E-state index contributed by atoms with van der Waals surface area (Å²) in [5.74, 6) is 0. The van der Waals surface area contributed by atoms with Gasteiger partial charge in [0.1, 0.15) is 0 Å². The van der Waals surface area contributed by atoms with Gasteiger partial charge in [-0.05, 0) is 25.9 Å². The molecule has 92 valence electrons. The summed E-state index contributed by atoms with van der Waals surface area (Å²) in [6.07, 6.45) is 9.02. The van der Waals surface area contributed by atoms with E-state index < -0.39 is 0 Å². The maximum Gasteiger partial charge on any atom is 0.0177 e. The normalized spacial score (nSPS) is 13.0. The van der Waals surface area contributed by atoms with E-state index in [1.54, 1.807) is 0 Å². The molecule has 1 unspecified atom stereocenters. The molecule has 0 aliphatic rings. The van der Waals surface area contributed by atoms with E-state index in [1.165, 1.54) is 38.5 Å². The van der Waals surface area contributed by atoms with Crippen molar-refractivity contribution in [3.63, 3.8) is 0 Å². The van der Waals surface area contributed by atoms with Crippen molar-refractivity contribution in [1.82, 2.24) is 5.32 Å². The van der Waals surface area contributed by atoms with Crippen LogP contribution in [0.15, 0.2) is 0 Å². The van der Waals surface area contributed by atoms with Crippen LogP contribution >= 0.6 is 0 Å². The first-order valence-corrected chi connectivity index (χ1v) is 6.47. The zero-order chi connectivity index (χ0) is 11.4. The molecule has 15 heavy (non-hydrogen) atoms. The fourth-order valence-corrected chi connectivity index (χ4v) is 1.63. The van der Waals surface area contributed by atoms with E-state index >= 15 is 0 Å². The molecule has 0 aliphatic heterocycles. The average Bonchev–Trinajstić information content (AvgIpc) is 2.22. The number of nitrogens with two attached hydrogens (primary N) is 2. The molecule has 3 heteroatoms. The minimum Gasteiger partial charge on any atom is -0.330 e. The molecule has 0 aromatic heterocycles. The van der Waals surface area contributed by atoms with Gasteiger partial charge in [-0.25, -0.2) is 0 Å². The van der Waals surface area contributed by atoms with Crippen LogP contribution in [0.3, 0.4) is 0 Å². The monoisotopic (exact) mass is 215 g/mol. The lowest BCUT2D eigenvalue weighted by Gasteiger charge is -2.11. The molecule has 0 aliphatic carbocycles. The van der Waals surface area contributed by atoms with Crippen LogP contribution in [-0.2, 0) is 0 Å². The molecular weight excluding hydrogens is 186 g/mol. The minimum atomic E-state index is 0.232. The molecule has 5 N–H and O–H groups in total. The second kappa shape index (κ2) is 12.0. The van der Waals surface area contributed by atoms with Crippen LogP contribution in [0.4, 0.5) is 0 Å². The number of hydrogen-bond donors (Lipinski definition) is 3. The Bertz CT molecular complexity index is 117. The van der Waals surface area contributed by atoms with Crippen LogP contribution in [0.5, 0.6) is 0 Å². The van der Waals surface area contributed by atoms with Crippen LogP contribution in [0, 0.1) is 0 Å². The van der Waals surface area contributed by atoms with Gasteiger partial charge in [0, 0.05) is 12.6 Å². The lowest BCUT2D eigenvalue weighted by molar-refractivity contribution is 0.523. The van der Waals surface area contributed by atoms with E-state index in [-0.39, 0.29) is 6.04 Å². The van der Waals surface area contributed by atoms with Crippen molar-refractivity contribution in [3.05, 3.63) is 0 Å². The molecule has 1 atom stereocenters. The Kier molecular flexibility index (Phi) is 11.9. The molecular formula is C12H29N3. The Balaban J connectivity index is 2.98. The smallest absolute Gasteiger partial charge is 0.0177 e. The Morgan fingerprint density at radius 3 is 2.40 bits per heavy atom. The standard InChI is InChI=1S/C12H29N3/c1-2-3-4-5-6-7-10-15-11-12(14)8-9-13/h12,15H,2-11,13-14H2,1H3. The molecule has 0 saturated heterocycles. The van der Waals surface area contributed by atoms with E-state index in [0.717, 1.165) is 19.5 Å². The van der Waals surface area contributed by atoms with Crippen molar-refractivity contribution in [2.75, 3.05) is 19.6 Å². The Morgan fingerprint density at radius 1 is 1.07 bits per heavy atom. The SMILES string of the molecule is CCCCCCCCNCC(N)CCN. The summed E-state index contributed by atoms with van der Waals surface area (Å²) in [6, 6.07) is 0.232. The topological polar surface area (TPSA) is 64.1 Å². The van der Waals surface area contributed by atoms with Gasteiger partial charge in [-0.1, -0.05) is 39.0 Å². The first-order valence-electron chi connectivity index (χ1n) is 6.47. The summed E-state index contributed by atoms with van der Waals surface area (Å²) < 4.78 is 0. The molecule has 0 spiro atoms. The van der Waals surface area contributed by atoms with Crippen molar-refractivity contribution in [1.29, 1.82) is 0 Å². The Morgan fingerprint density at radius 2 is 1.73 bits per heavy atom. The largest absolute Gasteiger partial charge is 0.330 e. The van der Waals surface area contributed by atoms with Gasteiger partial charge in [0.05, 0.1) is 0 Å². The quantitative estimate of drug-likeness (QED) is 0.459. The molecule has 0 amide bonds. The van der Waals surface area contributed by atoms with E-state index in [2.05, 4.69) is 12.2 Å². The fourth-order valence-electron chi connectivity index (χ4n) is 1.63. The van der Waals surface area contributed by atoms with E-state index in [1.807, 2.05) is 0 Å². The third-order valence-electron chi connectivity index (χ3n) is 2.65. The second-order valence-corrected chi connectivity index (χ2v) is 4.31. The van der Waals surface area contributed by atoms with Crippen LogP contribution < -0.4 is 16.8 Å². The maximum absolute atomic E-state index is 5.82. The number of hydrogen-bond acceptors (Lipinski definition) is 3. The van der Waals surface area contributed by atoms with Crippen molar-refractivity contribution < 1.29 is 0 Å². The highest BCUT2D eigenvalue weighted by atomic mass is 14.9. The van der Waals surface area contributed by atoms with Gasteiger partial charge in [-0.2, -0.15) is 0 Å². The Labute approximate surface area is 95.0 Å². The first kappa shape index (κ1) is 14.9. The molecule has 0 rings (SSSR count). The molecule has 0 heterocycles. The van der Waals surface area contributed by atoms with Gasteiger partial charge in [-0.3, -0.25) is 0 Å². The summed E-state index contributed by atoms with van der Waals surface area (Å²) in [5.41, 5.74) is 11.2. The summed E-state index contributed by atoms with van der Waals surface area (Å²) in [5, 5.41) is 3.38. The third kappa shape index (κ3) is 11.8. The van der Waals surface area contributed by atoms with Gasteiger partial charge in [0.25, 0.3) is 0 Å². The van der Waals surface area contributed by atoms with Crippen LogP contribution in [-0.4, -0.2) is 25.7 Å². The van der Waals surface area contributed by atoms with Crippen LogP contribution in [0.2, 0.25) is 0 Å². The Hall–Kier alpha value is -0.120. The summed E-state index contributed by atoms with van der Waals surface area (Å²) in [6.45, 7) is 4.96. The first-order chi connectivity index (χ1) is 7.31. The molecule has 0 fully saturated rings. The van der Waals surface area contributed by atoms with Gasteiger partial charge in [-0.15, -0.1) is 0 Å². The third-order valence-corrected chi connectivity index (χ3v) is 2.65. The lowest BCUT2D eigenvalue weighted by atomic mass is 10.1. The maximum atomic E-state index is 5.82.